The molecule has 1 N–H and O–H groups in total. The molecule has 0 spiro atoms. The van der Waals surface area contributed by atoms with Crippen LogP contribution in [0, 0.1) is 0 Å². The van der Waals surface area contributed by atoms with Crippen LogP contribution in [0.3, 0.4) is 0 Å². The van der Waals surface area contributed by atoms with Crippen LogP contribution in [0.1, 0.15) is 22.7 Å². The lowest BCUT2D eigenvalue weighted by atomic mass is 9.99. The molecule has 0 aliphatic carbocycles. The van der Waals surface area contributed by atoms with Gasteiger partial charge in [-0.1, -0.05) is 72.8 Å². The molecule has 0 unspecified atom stereocenters. The van der Waals surface area contributed by atoms with E-state index in [-0.39, 0.29) is 10.9 Å². The molecule has 25 heavy (non-hydrogen) atoms. The molecule has 3 aromatic rings. The summed E-state index contributed by atoms with van der Waals surface area (Å²) in [5, 5.41) is 0. The van der Waals surface area contributed by atoms with Gasteiger partial charge < -0.3 is 0 Å². The second-order valence-corrected chi connectivity index (χ2v) is 7.45. The number of amidine groups is 1. The largest absolute Gasteiger partial charge is 0.263 e. The minimum absolute atomic E-state index is 0.272. The lowest BCUT2D eigenvalue weighted by molar-refractivity contribution is 0.595. The van der Waals surface area contributed by atoms with Crippen LogP contribution in [0.5, 0.6) is 0 Å². The van der Waals surface area contributed by atoms with Crippen molar-refractivity contribution < 1.29 is 8.42 Å². The summed E-state index contributed by atoms with van der Waals surface area (Å²) in [5.41, 5.74) is 2.62. The molecule has 1 aliphatic rings. The number of hydrogen-bond donors (Lipinski definition) is 1. The summed E-state index contributed by atoms with van der Waals surface area (Å²) in [6.07, 6.45) is 0. The molecule has 1 heterocycles. The number of nitrogens with zero attached hydrogens (tertiary/aromatic N) is 1. The number of fused-ring (bicyclic) bond motifs is 1. The zero-order valence-electron chi connectivity index (χ0n) is 13.3. The van der Waals surface area contributed by atoms with Crippen molar-refractivity contribution in [2.75, 3.05) is 0 Å². The van der Waals surface area contributed by atoms with Crippen LogP contribution >= 0.6 is 0 Å². The standard InChI is InChI=1S/C20H16N2O2S/c23-25(24)18-14-8-7-13-17(18)20(22-25)21-19(15-9-3-1-4-10-15)16-11-5-2-6-12-16/h1-14,19H,(H,21,22). The van der Waals surface area contributed by atoms with Gasteiger partial charge in [0.15, 0.2) is 0 Å². The Kier molecular flexibility index (Phi) is 3.86. The molecule has 0 bridgehead atoms. The monoisotopic (exact) mass is 348 g/mol. The summed E-state index contributed by atoms with van der Waals surface area (Å²) in [7, 11) is -3.55. The third-order valence-corrected chi connectivity index (χ3v) is 5.55. The van der Waals surface area contributed by atoms with E-state index in [9.17, 15) is 8.42 Å². The molecule has 1 aliphatic heterocycles. The maximum atomic E-state index is 12.3. The highest BCUT2D eigenvalue weighted by Gasteiger charge is 2.31. The second-order valence-electron chi connectivity index (χ2n) is 5.80. The highest BCUT2D eigenvalue weighted by atomic mass is 32.2. The summed E-state index contributed by atoms with van der Waals surface area (Å²) in [6, 6.07) is 26.3. The summed E-state index contributed by atoms with van der Waals surface area (Å²) < 4.78 is 27.2. The average molecular weight is 348 g/mol. The molecule has 3 aromatic carbocycles. The zero-order chi connectivity index (χ0) is 17.3. The Bertz CT molecular complexity index is 990. The number of nitrogens with one attached hydrogen (secondary N) is 1. The second kappa shape index (κ2) is 6.18. The maximum Gasteiger partial charge on any atom is 0.263 e. The lowest BCUT2D eigenvalue weighted by Crippen LogP contribution is -2.23. The van der Waals surface area contributed by atoms with Crippen LogP contribution in [-0.2, 0) is 10.0 Å². The van der Waals surface area contributed by atoms with Crippen molar-refractivity contribution in [2.45, 2.75) is 10.9 Å². The Labute approximate surface area is 146 Å². The van der Waals surface area contributed by atoms with Gasteiger partial charge in [-0.15, -0.1) is 0 Å². The van der Waals surface area contributed by atoms with E-state index >= 15 is 0 Å². The molecule has 0 saturated carbocycles. The Balaban J connectivity index is 1.87. The van der Waals surface area contributed by atoms with Gasteiger partial charge >= 0.3 is 0 Å². The van der Waals surface area contributed by atoms with Crippen molar-refractivity contribution in [3.8, 4) is 0 Å². The quantitative estimate of drug-likeness (QED) is 0.787. The molecule has 5 heteroatoms. The molecule has 0 radical (unpaired) electrons. The number of benzene rings is 3. The van der Waals surface area contributed by atoms with E-state index in [1.54, 1.807) is 18.2 Å². The van der Waals surface area contributed by atoms with Crippen LogP contribution < -0.4 is 4.72 Å². The van der Waals surface area contributed by atoms with Crippen molar-refractivity contribution in [2.24, 2.45) is 4.99 Å². The van der Waals surface area contributed by atoms with E-state index in [1.807, 2.05) is 66.7 Å². The van der Waals surface area contributed by atoms with Crippen molar-refractivity contribution in [1.82, 2.24) is 4.72 Å². The van der Waals surface area contributed by atoms with E-state index < -0.39 is 10.0 Å². The fraction of sp³-hybridized carbons (Fsp3) is 0.0500. The molecular weight excluding hydrogens is 332 g/mol. The van der Waals surface area contributed by atoms with E-state index in [0.717, 1.165) is 11.1 Å². The van der Waals surface area contributed by atoms with Crippen LogP contribution in [0.15, 0.2) is 94.8 Å². The number of hydrogen-bond acceptors (Lipinski definition) is 3. The van der Waals surface area contributed by atoms with Gasteiger partial charge in [-0.3, -0.25) is 9.71 Å². The van der Waals surface area contributed by atoms with Gasteiger partial charge in [0.1, 0.15) is 11.9 Å². The topological polar surface area (TPSA) is 58.5 Å². The molecule has 0 amide bonds. The number of sulfonamides is 1. The lowest BCUT2D eigenvalue weighted by Gasteiger charge is -2.15. The first-order valence-electron chi connectivity index (χ1n) is 7.95. The van der Waals surface area contributed by atoms with Crippen molar-refractivity contribution >= 4 is 15.9 Å². The number of aliphatic imine (C=N–C) groups is 1. The first-order chi connectivity index (χ1) is 12.1. The normalized spacial score (nSPS) is 16.6. The van der Waals surface area contributed by atoms with Gasteiger partial charge in [-0.25, -0.2) is 8.42 Å². The molecular formula is C20H16N2O2S. The van der Waals surface area contributed by atoms with Gasteiger partial charge in [-0.05, 0) is 23.3 Å². The third-order valence-electron chi connectivity index (χ3n) is 4.15. The van der Waals surface area contributed by atoms with Gasteiger partial charge in [0.2, 0.25) is 0 Å². The molecule has 0 aromatic heterocycles. The molecule has 0 saturated heterocycles. The molecule has 4 nitrogen and oxygen atoms in total. The Morgan fingerprint density at radius 1 is 0.720 bits per heavy atom. The molecule has 124 valence electrons. The molecule has 4 rings (SSSR count). The minimum atomic E-state index is -3.55. The Hall–Kier alpha value is -2.92. The van der Waals surface area contributed by atoms with Gasteiger partial charge in [-0.2, -0.15) is 0 Å². The van der Waals surface area contributed by atoms with E-state index in [1.165, 1.54) is 0 Å². The van der Waals surface area contributed by atoms with Crippen molar-refractivity contribution in [3.63, 3.8) is 0 Å². The smallest absolute Gasteiger partial charge is 0.263 e. The van der Waals surface area contributed by atoms with Gasteiger partial charge in [0.05, 0.1) is 4.90 Å². The Morgan fingerprint density at radius 3 is 1.84 bits per heavy atom. The average Bonchev–Trinajstić information content (AvgIpc) is 2.92. The van der Waals surface area contributed by atoms with E-state index in [2.05, 4.69) is 4.72 Å². The minimum Gasteiger partial charge on any atom is -0.263 e. The third kappa shape index (κ3) is 2.94. The number of rotatable bonds is 3. The highest BCUT2D eigenvalue weighted by Crippen LogP contribution is 2.29. The summed E-state index contributed by atoms with van der Waals surface area (Å²) in [6.45, 7) is 0. The predicted octanol–water partition coefficient (Wildman–Crippen LogP) is 3.51. The fourth-order valence-electron chi connectivity index (χ4n) is 2.97. The van der Waals surface area contributed by atoms with E-state index in [4.69, 9.17) is 4.99 Å². The zero-order valence-corrected chi connectivity index (χ0v) is 14.1. The maximum absolute atomic E-state index is 12.3. The first-order valence-corrected chi connectivity index (χ1v) is 9.43. The van der Waals surface area contributed by atoms with Crippen molar-refractivity contribution in [3.05, 3.63) is 102 Å². The van der Waals surface area contributed by atoms with Crippen molar-refractivity contribution in [1.29, 1.82) is 0 Å². The van der Waals surface area contributed by atoms with Crippen LogP contribution in [-0.4, -0.2) is 14.3 Å². The Morgan fingerprint density at radius 2 is 1.24 bits per heavy atom. The summed E-state index contributed by atoms with van der Waals surface area (Å²) >= 11 is 0. The predicted molar refractivity (Wildman–Crippen MR) is 98.0 cm³/mol. The molecule has 0 atom stereocenters. The van der Waals surface area contributed by atoms with Crippen LogP contribution in [0.4, 0.5) is 0 Å². The SMILES string of the molecule is O=S1(=O)NC(=NC(c2ccccc2)c2ccccc2)c2ccccc21. The van der Waals surface area contributed by atoms with E-state index in [0.29, 0.717) is 11.4 Å². The summed E-state index contributed by atoms with van der Waals surface area (Å²) in [5.74, 6) is 0.383. The first kappa shape index (κ1) is 15.6. The fourth-order valence-corrected chi connectivity index (χ4v) is 4.21. The highest BCUT2D eigenvalue weighted by molar-refractivity contribution is 7.90. The van der Waals surface area contributed by atoms with Gasteiger partial charge in [0, 0.05) is 5.56 Å². The molecule has 0 fully saturated rings. The van der Waals surface area contributed by atoms with Crippen LogP contribution in [0.25, 0.3) is 0 Å². The summed E-state index contributed by atoms with van der Waals surface area (Å²) in [4.78, 5) is 5.05. The van der Waals surface area contributed by atoms with Crippen LogP contribution in [0.2, 0.25) is 0 Å². The van der Waals surface area contributed by atoms with Gasteiger partial charge in [0.25, 0.3) is 10.0 Å².